The molecule has 2 rings (SSSR count). The van der Waals surface area contributed by atoms with Gasteiger partial charge in [0.05, 0.1) is 0 Å². The summed E-state index contributed by atoms with van der Waals surface area (Å²) in [5, 5.41) is 17.7. The van der Waals surface area contributed by atoms with Gasteiger partial charge >= 0.3 is 0 Å². The smallest absolute Gasteiger partial charge is 0.140 e. The van der Waals surface area contributed by atoms with Crippen molar-refractivity contribution in [3.63, 3.8) is 0 Å². The van der Waals surface area contributed by atoms with Gasteiger partial charge in [-0.3, -0.25) is 4.90 Å². The highest BCUT2D eigenvalue weighted by molar-refractivity contribution is 5.25. The Kier molecular flexibility index (Phi) is 4.68. The molecular weight excluding hydrogens is 226 g/mol. The molecule has 1 aromatic rings. The first kappa shape index (κ1) is 13.0. The van der Waals surface area contributed by atoms with E-state index in [0.717, 1.165) is 31.5 Å². The third kappa shape index (κ3) is 3.28. The van der Waals surface area contributed by atoms with E-state index in [1.807, 2.05) is 12.1 Å². The van der Waals surface area contributed by atoms with E-state index >= 15 is 0 Å². The molecule has 1 saturated heterocycles. The summed E-state index contributed by atoms with van der Waals surface area (Å²) in [6.07, 6.45) is 6.09. The van der Waals surface area contributed by atoms with Gasteiger partial charge in [0.2, 0.25) is 0 Å². The van der Waals surface area contributed by atoms with Crippen LogP contribution in [-0.2, 0) is 6.54 Å². The molecule has 0 amide bonds. The van der Waals surface area contributed by atoms with Crippen LogP contribution in [0.1, 0.15) is 36.9 Å². The predicted molar refractivity (Wildman–Crippen MR) is 68.7 cm³/mol. The average molecular weight is 245 g/mol. The largest absolute Gasteiger partial charge is 0.396 e. The van der Waals surface area contributed by atoms with Gasteiger partial charge in [0, 0.05) is 25.4 Å². The van der Waals surface area contributed by atoms with Crippen LogP contribution in [0.3, 0.4) is 0 Å². The van der Waals surface area contributed by atoms with Gasteiger partial charge in [-0.15, -0.1) is 0 Å². The van der Waals surface area contributed by atoms with Crippen LogP contribution in [0.4, 0.5) is 0 Å². The molecule has 4 heteroatoms. The SMILES string of the molecule is N#Cc1cc(CN2CCCC2CCCO)ccn1. The molecule has 1 unspecified atom stereocenters. The quantitative estimate of drug-likeness (QED) is 0.857. The summed E-state index contributed by atoms with van der Waals surface area (Å²) in [5.74, 6) is 0. The molecule has 0 radical (unpaired) electrons. The van der Waals surface area contributed by atoms with Crippen LogP contribution in [0.25, 0.3) is 0 Å². The lowest BCUT2D eigenvalue weighted by Crippen LogP contribution is -2.29. The maximum Gasteiger partial charge on any atom is 0.140 e. The average Bonchev–Trinajstić information content (AvgIpc) is 2.84. The second-order valence-electron chi connectivity index (χ2n) is 4.79. The van der Waals surface area contributed by atoms with Crippen molar-refractivity contribution in [2.45, 2.75) is 38.3 Å². The summed E-state index contributed by atoms with van der Waals surface area (Å²) in [5.41, 5.74) is 1.64. The number of hydrogen-bond acceptors (Lipinski definition) is 4. The van der Waals surface area contributed by atoms with Crippen molar-refractivity contribution in [1.29, 1.82) is 5.26 Å². The lowest BCUT2D eigenvalue weighted by Gasteiger charge is -2.24. The standard InChI is InChI=1S/C14H19N3O/c15-10-13-9-12(5-6-16-13)11-17-7-1-3-14(17)4-2-8-18/h5-6,9,14,18H,1-4,7-8,11H2. The number of aliphatic hydroxyl groups is 1. The number of aromatic nitrogens is 1. The monoisotopic (exact) mass is 245 g/mol. The van der Waals surface area contributed by atoms with Gasteiger partial charge in [0.1, 0.15) is 11.8 Å². The van der Waals surface area contributed by atoms with Gasteiger partial charge in [0.15, 0.2) is 0 Å². The van der Waals surface area contributed by atoms with E-state index in [9.17, 15) is 0 Å². The zero-order valence-electron chi connectivity index (χ0n) is 10.5. The number of pyridine rings is 1. The van der Waals surface area contributed by atoms with Gasteiger partial charge in [-0.05, 0) is 49.9 Å². The molecule has 1 aliphatic rings. The van der Waals surface area contributed by atoms with Crippen molar-refractivity contribution < 1.29 is 5.11 Å². The fourth-order valence-electron chi connectivity index (χ4n) is 2.63. The van der Waals surface area contributed by atoms with Gasteiger partial charge in [-0.25, -0.2) is 4.98 Å². The van der Waals surface area contributed by atoms with Crippen LogP contribution in [0, 0.1) is 11.3 Å². The molecule has 0 spiro atoms. The minimum atomic E-state index is 0.276. The van der Waals surface area contributed by atoms with E-state index in [4.69, 9.17) is 10.4 Å². The van der Waals surface area contributed by atoms with Gasteiger partial charge in [0.25, 0.3) is 0 Å². The van der Waals surface area contributed by atoms with Gasteiger partial charge in [-0.1, -0.05) is 0 Å². The van der Waals surface area contributed by atoms with Crippen LogP contribution in [-0.4, -0.2) is 34.2 Å². The van der Waals surface area contributed by atoms with Crippen molar-refractivity contribution in [1.82, 2.24) is 9.88 Å². The van der Waals surface area contributed by atoms with Crippen molar-refractivity contribution in [3.05, 3.63) is 29.6 Å². The number of likely N-dealkylation sites (tertiary alicyclic amines) is 1. The maximum absolute atomic E-state index is 8.91. The molecule has 1 atom stereocenters. The van der Waals surface area contributed by atoms with Crippen LogP contribution in [0.5, 0.6) is 0 Å². The zero-order valence-corrected chi connectivity index (χ0v) is 10.5. The molecule has 0 saturated carbocycles. The van der Waals surface area contributed by atoms with Crippen molar-refractivity contribution >= 4 is 0 Å². The van der Waals surface area contributed by atoms with Crippen LogP contribution in [0.15, 0.2) is 18.3 Å². The molecule has 0 aliphatic carbocycles. The second-order valence-corrected chi connectivity index (χ2v) is 4.79. The normalized spacial score (nSPS) is 19.9. The Labute approximate surface area is 108 Å². The highest BCUT2D eigenvalue weighted by Gasteiger charge is 2.23. The molecule has 96 valence electrons. The second kappa shape index (κ2) is 6.48. The Balaban J connectivity index is 1.97. The summed E-state index contributed by atoms with van der Waals surface area (Å²) in [7, 11) is 0. The highest BCUT2D eigenvalue weighted by atomic mass is 16.2. The molecule has 1 N–H and O–H groups in total. The van der Waals surface area contributed by atoms with Crippen LogP contribution in [0.2, 0.25) is 0 Å². The number of aliphatic hydroxyl groups excluding tert-OH is 1. The molecule has 2 heterocycles. The lowest BCUT2D eigenvalue weighted by molar-refractivity contribution is 0.210. The maximum atomic E-state index is 8.91. The summed E-state index contributed by atoms with van der Waals surface area (Å²) in [4.78, 5) is 6.44. The Morgan fingerprint density at radius 1 is 1.56 bits per heavy atom. The van der Waals surface area contributed by atoms with Crippen molar-refractivity contribution in [2.75, 3.05) is 13.2 Å². The predicted octanol–water partition coefficient (Wildman–Crippen LogP) is 1.69. The first-order valence-electron chi connectivity index (χ1n) is 6.53. The van der Waals surface area contributed by atoms with E-state index in [-0.39, 0.29) is 6.61 Å². The van der Waals surface area contributed by atoms with Crippen molar-refractivity contribution in [3.8, 4) is 6.07 Å². The van der Waals surface area contributed by atoms with E-state index in [0.29, 0.717) is 11.7 Å². The summed E-state index contributed by atoms with van der Waals surface area (Å²) >= 11 is 0. The fourth-order valence-corrected chi connectivity index (χ4v) is 2.63. The van der Waals surface area contributed by atoms with Crippen molar-refractivity contribution in [2.24, 2.45) is 0 Å². The van der Waals surface area contributed by atoms with Crippen LogP contribution >= 0.6 is 0 Å². The Morgan fingerprint density at radius 3 is 3.22 bits per heavy atom. The number of nitrogens with zero attached hydrogens (tertiary/aromatic N) is 3. The summed E-state index contributed by atoms with van der Waals surface area (Å²) in [6, 6.07) is 6.49. The lowest BCUT2D eigenvalue weighted by atomic mass is 10.1. The molecule has 0 bridgehead atoms. The van der Waals surface area contributed by atoms with E-state index in [1.165, 1.54) is 12.8 Å². The molecule has 1 aliphatic heterocycles. The van der Waals surface area contributed by atoms with E-state index in [2.05, 4.69) is 16.0 Å². The van der Waals surface area contributed by atoms with Gasteiger partial charge < -0.3 is 5.11 Å². The van der Waals surface area contributed by atoms with E-state index in [1.54, 1.807) is 6.20 Å². The zero-order chi connectivity index (χ0) is 12.8. The highest BCUT2D eigenvalue weighted by Crippen LogP contribution is 2.23. The third-order valence-electron chi connectivity index (χ3n) is 3.52. The molecule has 1 fully saturated rings. The molecule has 18 heavy (non-hydrogen) atoms. The first-order chi connectivity index (χ1) is 8.83. The Bertz CT molecular complexity index is 427. The fraction of sp³-hybridized carbons (Fsp3) is 0.571. The van der Waals surface area contributed by atoms with Gasteiger partial charge in [-0.2, -0.15) is 5.26 Å². The topological polar surface area (TPSA) is 60.2 Å². The molecule has 1 aromatic heterocycles. The molecular formula is C14H19N3O. The number of rotatable bonds is 5. The van der Waals surface area contributed by atoms with Crippen LogP contribution < -0.4 is 0 Å². The first-order valence-corrected chi connectivity index (χ1v) is 6.53. The number of hydrogen-bond donors (Lipinski definition) is 1. The molecule has 4 nitrogen and oxygen atoms in total. The third-order valence-corrected chi connectivity index (χ3v) is 3.52. The Morgan fingerprint density at radius 2 is 2.44 bits per heavy atom. The summed E-state index contributed by atoms with van der Waals surface area (Å²) in [6.45, 7) is 2.27. The Hall–Kier alpha value is -1.44. The molecule has 0 aromatic carbocycles. The minimum Gasteiger partial charge on any atom is -0.396 e. The number of nitriles is 1. The minimum absolute atomic E-state index is 0.276. The summed E-state index contributed by atoms with van der Waals surface area (Å²) < 4.78 is 0. The van der Waals surface area contributed by atoms with E-state index < -0.39 is 0 Å².